The molecule has 0 N–H and O–H groups in total. The van der Waals surface area contributed by atoms with E-state index in [0.29, 0.717) is 34.0 Å². The number of ketones is 1. The molecule has 0 aliphatic heterocycles. The van der Waals surface area contributed by atoms with E-state index >= 15 is 0 Å². The molecule has 0 aliphatic carbocycles. The third-order valence-electron chi connectivity index (χ3n) is 4.36. The van der Waals surface area contributed by atoms with Crippen LogP contribution >= 0.6 is 0 Å². The van der Waals surface area contributed by atoms with Crippen molar-refractivity contribution in [2.45, 2.75) is 27.7 Å². The van der Waals surface area contributed by atoms with Gasteiger partial charge in [-0.15, -0.1) is 0 Å². The highest BCUT2D eigenvalue weighted by molar-refractivity contribution is 6.03. The van der Waals surface area contributed by atoms with Crippen molar-refractivity contribution in [2.24, 2.45) is 7.05 Å². The number of rotatable bonds is 7. The minimum atomic E-state index is -0.434. The number of hydrogen-bond acceptors (Lipinski definition) is 5. The van der Waals surface area contributed by atoms with E-state index in [-0.39, 0.29) is 19.0 Å². The molecule has 1 aromatic heterocycles. The van der Waals surface area contributed by atoms with E-state index < -0.39 is 5.97 Å². The Morgan fingerprint density at radius 1 is 1.12 bits per heavy atom. The van der Waals surface area contributed by atoms with Gasteiger partial charge in [0.25, 0.3) is 0 Å². The molecule has 2 rings (SSSR count). The molecule has 26 heavy (non-hydrogen) atoms. The topological polar surface area (TPSA) is 66.8 Å². The maximum atomic E-state index is 12.7. The van der Waals surface area contributed by atoms with Crippen LogP contribution < -0.4 is 9.47 Å². The summed E-state index contributed by atoms with van der Waals surface area (Å²) >= 11 is 0. The number of benzene rings is 1. The second-order valence-electron chi connectivity index (χ2n) is 6.08. The van der Waals surface area contributed by atoms with Crippen LogP contribution in [0.15, 0.2) is 18.2 Å². The van der Waals surface area contributed by atoms with Crippen molar-refractivity contribution >= 4 is 11.8 Å². The molecule has 0 spiro atoms. The van der Waals surface area contributed by atoms with E-state index in [1.165, 1.54) is 0 Å². The number of carbonyl (C=O) groups excluding carboxylic acids is 2. The fourth-order valence-electron chi connectivity index (χ4n) is 2.99. The van der Waals surface area contributed by atoms with Crippen LogP contribution in [0, 0.1) is 20.8 Å². The first-order valence-electron chi connectivity index (χ1n) is 8.45. The number of ether oxygens (including phenoxy) is 3. The zero-order valence-corrected chi connectivity index (χ0v) is 16.1. The van der Waals surface area contributed by atoms with Gasteiger partial charge < -0.3 is 18.8 Å². The summed E-state index contributed by atoms with van der Waals surface area (Å²) in [5.74, 6) is 0.444. The van der Waals surface area contributed by atoms with Gasteiger partial charge in [-0.05, 0) is 51.0 Å². The van der Waals surface area contributed by atoms with Gasteiger partial charge in [0, 0.05) is 18.3 Å². The SMILES string of the molecule is CCOC(=O)c1c(C)c(C(=O)COc2ccc(C)cc2OC)c(C)n1C. The van der Waals surface area contributed by atoms with Gasteiger partial charge in [0.1, 0.15) is 5.69 Å². The van der Waals surface area contributed by atoms with Crippen molar-refractivity contribution in [1.82, 2.24) is 4.57 Å². The number of methoxy groups -OCH3 is 1. The molecule has 2 aromatic rings. The molecule has 0 radical (unpaired) electrons. The van der Waals surface area contributed by atoms with E-state index in [9.17, 15) is 9.59 Å². The molecule has 0 saturated carbocycles. The summed E-state index contributed by atoms with van der Waals surface area (Å²) in [7, 11) is 3.30. The minimum Gasteiger partial charge on any atom is -0.493 e. The van der Waals surface area contributed by atoms with Crippen molar-refractivity contribution in [2.75, 3.05) is 20.3 Å². The highest BCUT2D eigenvalue weighted by Gasteiger charge is 2.26. The van der Waals surface area contributed by atoms with Crippen molar-refractivity contribution in [3.05, 3.63) is 46.3 Å². The quantitative estimate of drug-likeness (QED) is 0.560. The molecular weight excluding hydrogens is 334 g/mol. The first-order valence-corrected chi connectivity index (χ1v) is 8.45. The van der Waals surface area contributed by atoms with Crippen molar-refractivity contribution in [3.8, 4) is 11.5 Å². The number of carbonyl (C=O) groups is 2. The highest BCUT2D eigenvalue weighted by Crippen LogP contribution is 2.28. The van der Waals surface area contributed by atoms with Crippen LogP contribution in [0.2, 0.25) is 0 Å². The Morgan fingerprint density at radius 2 is 1.81 bits per heavy atom. The van der Waals surface area contributed by atoms with Crippen molar-refractivity contribution < 1.29 is 23.8 Å². The van der Waals surface area contributed by atoms with Crippen molar-refractivity contribution in [3.63, 3.8) is 0 Å². The van der Waals surface area contributed by atoms with Gasteiger partial charge in [0.05, 0.1) is 13.7 Å². The molecular formula is C20H25NO5. The number of Topliss-reactive ketones (excluding diaryl/α,β-unsaturated/α-hetero) is 1. The fourth-order valence-corrected chi connectivity index (χ4v) is 2.99. The number of esters is 1. The monoisotopic (exact) mass is 359 g/mol. The maximum Gasteiger partial charge on any atom is 0.355 e. The van der Waals surface area contributed by atoms with E-state index in [1.807, 2.05) is 19.1 Å². The summed E-state index contributed by atoms with van der Waals surface area (Å²) in [5.41, 5.74) is 3.22. The Morgan fingerprint density at radius 3 is 2.42 bits per heavy atom. The first kappa shape index (κ1) is 19.6. The third-order valence-corrected chi connectivity index (χ3v) is 4.36. The first-order chi connectivity index (χ1) is 12.3. The number of hydrogen-bond donors (Lipinski definition) is 0. The van der Waals surface area contributed by atoms with Gasteiger partial charge in [0.15, 0.2) is 18.1 Å². The molecule has 0 bridgehead atoms. The molecule has 0 atom stereocenters. The molecule has 1 aromatic carbocycles. The Hall–Kier alpha value is -2.76. The molecule has 140 valence electrons. The predicted octanol–water partition coefficient (Wildman–Crippen LogP) is 3.40. The van der Waals surface area contributed by atoms with Crippen LogP contribution in [0.25, 0.3) is 0 Å². The van der Waals surface area contributed by atoms with Gasteiger partial charge in [0.2, 0.25) is 5.78 Å². The molecule has 0 fully saturated rings. The number of nitrogens with zero attached hydrogens (tertiary/aromatic N) is 1. The fraction of sp³-hybridized carbons (Fsp3) is 0.400. The summed E-state index contributed by atoms with van der Waals surface area (Å²) in [6, 6.07) is 5.51. The molecule has 6 heteroatoms. The largest absolute Gasteiger partial charge is 0.493 e. The van der Waals surface area contributed by atoms with Crippen LogP contribution in [-0.4, -0.2) is 36.6 Å². The summed E-state index contributed by atoms with van der Waals surface area (Å²) in [4.78, 5) is 24.9. The second-order valence-corrected chi connectivity index (χ2v) is 6.08. The lowest BCUT2D eigenvalue weighted by Crippen LogP contribution is -2.14. The van der Waals surface area contributed by atoms with Crippen LogP contribution in [0.4, 0.5) is 0 Å². The molecule has 0 amide bonds. The predicted molar refractivity (Wildman–Crippen MR) is 98.4 cm³/mol. The Kier molecular flexibility index (Phi) is 6.08. The summed E-state index contributed by atoms with van der Waals surface area (Å²) in [6.07, 6.45) is 0. The van der Waals surface area contributed by atoms with E-state index in [4.69, 9.17) is 14.2 Å². The summed E-state index contributed by atoms with van der Waals surface area (Å²) < 4.78 is 17.7. The zero-order chi connectivity index (χ0) is 19.4. The Balaban J connectivity index is 2.26. The smallest absolute Gasteiger partial charge is 0.355 e. The lowest BCUT2D eigenvalue weighted by atomic mass is 10.1. The Bertz CT molecular complexity index is 835. The van der Waals surface area contributed by atoms with Crippen LogP contribution in [0.3, 0.4) is 0 Å². The number of aryl methyl sites for hydroxylation is 1. The van der Waals surface area contributed by atoms with Gasteiger partial charge in [-0.25, -0.2) is 4.79 Å². The lowest BCUT2D eigenvalue weighted by molar-refractivity contribution is 0.0514. The van der Waals surface area contributed by atoms with Crippen LogP contribution in [0.1, 0.15) is 44.6 Å². The molecule has 0 unspecified atom stereocenters. The average molecular weight is 359 g/mol. The zero-order valence-electron chi connectivity index (χ0n) is 16.1. The molecule has 1 heterocycles. The normalized spacial score (nSPS) is 10.5. The Labute approximate surface area is 153 Å². The second kappa shape index (κ2) is 8.08. The van der Waals surface area contributed by atoms with E-state index in [2.05, 4.69) is 0 Å². The average Bonchev–Trinajstić information content (AvgIpc) is 2.82. The maximum absolute atomic E-state index is 12.7. The van der Waals surface area contributed by atoms with Crippen LogP contribution in [-0.2, 0) is 11.8 Å². The summed E-state index contributed by atoms with van der Waals surface area (Å²) in [5, 5.41) is 0. The minimum absolute atomic E-state index is 0.145. The van der Waals surface area contributed by atoms with Gasteiger partial charge >= 0.3 is 5.97 Å². The highest BCUT2D eigenvalue weighted by atomic mass is 16.5. The third kappa shape index (κ3) is 3.74. The van der Waals surface area contributed by atoms with E-state index in [0.717, 1.165) is 5.56 Å². The standard InChI is InChI=1S/C20H25NO5/c1-7-25-20(23)19-13(3)18(14(4)21(19)5)15(22)11-26-16-9-8-12(2)10-17(16)24-6/h8-10H,7,11H2,1-6H3. The van der Waals surface area contributed by atoms with Crippen molar-refractivity contribution in [1.29, 1.82) is 0 Å². The van der Waals surface area contributed by atoms with E-state index in [1.54, 1.807) is 45.6 Å². The molecule has 0 saturated heterocycles. The van der Waals surface area contributed by atoms with Gasteiger partial charge in [-0.3, -0.25) is 4.79 Å². The number of aromatic nitrogens is 1. The van der Waals surface area contributed by atoms with Crippen LogP contribution in [0.5, 0.6) is 11.5 Å². The van der Waals surface area contributed by atoms with Gasteiger partial charge in [-0.1, -0.05) is 6.07 Å². The van der Waals surface area contributed by atoms with Gasteiger partial charge in [-0.2, -0.15) is 0 Å². The molecule has 6 nitrogen and oxygen atoms in total. The molecule has 0 aliphatic rings. The lowest BCUT2D eigenvalue weighted by Gasteiger charge is -2.11. The summed E-state index contributed by atoms with van der Waals surface area (Å²) in [6.45, 7) is 7.38.